The molecule has 0 amide bonds. The molecule has 2 aromatic carbocycles. The van der Waals surface area contributed by atoms with E-state index in [1.54, 1.807) is 17.4 Å². The second-order valence-corrected chi connectivity index (χ2v) is 7.40. The van der Waals surface area contributed by atoms with E-state index in [-0.39, 0.29) is 11.8 Å². The van der Waals surface area contributed by atoms with Crippen LogP contribution < -0.4 is 10.1 Å². The number of nitrogens with one attached hydrogen (secondary N) is 1. The van der Waals surface area contributed by atoms with Crippen molar-refractivity contribution in [1.82, 2.24) is 0 Å². The lowest BCUT2D eigenvalue weighted by molar-refractivity contribution is -0.253. The topological polar surface area (TPSA) is 21.3 Å². The molecule has 1 aliphatic rings. The first-order valence-corrected chi connectivity index (χ1v) is 9.74. The van der Waals surface area contributed by atoms with E-state index in [4.69, 9.17) is 0 Å². The van der Waals surface area contributed by atoms with Gasteiger partial charge in [0.1, 0.15) is 5.75 Å². The third kappa shape index (κ3) is 3.71. The predicted molar refractivity (Wildman–Crippen MR) is 102 cm³/mol. The van der Waals surface area contributed by atoms with E-state index in [0.717, 1.165) is 18.5 Å². The van der Waals surface area contributed by atoms with Crippen molar-refractivity contribution in [3.05, 3.63) is 70.4 Å². The Morgan fingerprint density at radius 1 is 1.11 bits per heavy atom. The van der Waals surface area contributed by atoms with E-state index in [0.29, 0.717) is 5.56 Å². The van der Waals surface area contributed by atoms with Crippen LogP contribution in [0.25, 0.3) is 11.1 Å². The average Bonchev–Trinajstić information content (AvgIpc) is 3.21. The van der Waals surface area contributed by atoms with Crippen LogP contribution in [0.2, 0.25) is 0 Å². The van der Waals surface area contributed by atoms with Crippen molar-refractivity contribution in [2.45, 2.75) is 31.4 Å². The van der Waals surface area contributed by atoms with E-state index < -0.39 is 12.5 Å². The highest BCUT2D eigenvalue weighted by molar-refractivity contribution is 7.08. The fraction of sp³-hybridized carbons (Fsp3) is 0.238. The van der Waals surface area contributed by atoms with Gasteiger partial charge in [-0.05, 0) is 70.1 Å². The second-order valence-electron chi connectivity index (χ2n) is 6.62. The molecule has 2 nitrogen and oxygen atoms in total. The molecule has 146 valence electrons. The minimum atomic E-state index is -4.51. The molecular weight excluding hydrogens is 390 g/mol. The Hall–Kier alpha value is -2.54. The maximum absolute atomic E-state index is 13.2. The Kier molecular flexibility index (Phi) is 5.02. The van der Waals surface area contributed by atoms with E-state index in [1.165, 1.54) is 34.9 Å². The molecule has 3 aromatic rings. The molecule has 0 spiro atoms. The van der Waals surface area contributed by atoms with Gasteiger partial charge in [-0.25, -0.2) is 0 Å². The standard InChI is InChI=1S/C21H17F4NOS/c22-20(23)21(24,25)27-15-4-1-3-13(11-15)18-8-7-17-16(14-9-10-28-12-14)5-2-6-19(17)26-18/h1-6,9-12,18,20,26H,7-8H2. The molecule has 1 unspecified atom stereocenters. The molecule has 0 radical (unpaired) electrons. The summed E-state index contributed by atoms with van der Waals surface area (Å²) in [7, 11) is 0. The zero-order valence-electron chi connectivity index (χ0n) is 14.7. The molecule has 0 fully saturated rings. The number of thiophene rings is 1. The summed E-state index contributed by atoms with van der Waals surface area (Å²) in [6.45, 7) is 0. The first-order chi connectivity index (χ1) is 13.4. The first-order valence-electron chi connectivity index (χ1n) is 8.80. The normalized spacial score (nSPS) is 16.5. The van der Waals surface area contributed by atoms with Gasteiger partial charge in [-0.3, -0.25) is 0 Å². The number of alkyl halides is 4. The molecule has 0 bridgehead atoms. The number of anilines is 1. The molecule has 1 aromatic heterocycles. The lowest BCUT2D eigenvalue weighted by Gasteiger charge is -2.29. The maximum atomic E-state index is 13.2. The Morgan fingerprint density at radius 2 is 1.93 bits per heavy atom. The quantitative estimate of drug-likeness (QED) is 0.472. The van der Waals surface area contributed by atoms with Crippen molar-refractivity contribution >= 4 is 17.0 Å². The average molecular weight is 407 g/mol. The molecule has 1 N–H and O–H groups in total. The molecule has 0 saturated heterocycles. The summed E-state index contributed by atoms with van der Waals surface area (Å²) in [5, 5.41) is 7.58. The van der Waals surface area contributed by atoms with Crippen LogP contribution in [0.5, 0.6) is 5.75 Å². The Balaban J connectivity index is 1.57. The Bertz CT molecular complexity index is 959. The van der Waals surface area contributed by atoms with Gasteiger partial charge in [-0.2, -0.15) is 28.9 Å². The lowest BCUT2D eigenvalue weighted by atomic mass is 9.89. The largest absolute Gasteiger partial charge is 0.461 e. The van der Waals surface area contributed by atoms with Crippen LogP contribution in [0.15, 0.2) is 59.3 Å². The van der Waals surface area contributed by atoms with Gasteiger partial charge in [0.25, 0.3) is 0 Å². The van der Waals surface area contributed by atoms with Crippen molar-refractivity contribution in [2.24, 2.45) is 0 Å². The van der Waals surface area contributed by atoms with Gasteiger partial charge in [-0.15, -0.1) is 0 Å². The zero-order valence-corrected chi connectivity index (χ0v) is 15.5. The summed E-state index contributed by atoms with van der Waals surface area (Å²) >= 11 is 1.64. The summed E-state index contributed by atoms with van der Waals surface area (Å²) in [6.07, 6.45) is -6.83. The van der Waals surface area contributed by atoms with E-state index in [1.807, 2.05) is 17.5 Å². The monoisotopic (exact) mass is 407 g/mol. The van der Waals surface area contributed by atoms with Crippen LogP contribution >= 0.6 is 11.3 Å². The van der Waals surface area contributed by atoms with Crippen molar-refractivity contribution in [3.63, 3.8) is 0 Å². The van der Waals surface area contributed by atoms with Crippen LogP contribution in [-0.4, -0.2) is 12.5 Å². The highest BCUT2D eigenvalue weighted by Gasteiger charge is 2.44. The fourth-order valence-electron chi connectivity index (χ4n) is 3.47. The summed E-state index contributed by atoms with van der Waals surface area (Å²) in [5.74, 6) is -0.276. The molecule has 1 aliphatic heterocycles. The number of halogens is 4. The third-order valence-corrected chi connectivity index (χ3v) is 5.47. The number of ether oxygens (including phenoxy) is 1. The van der Waals surface area contributed by atoms with Crippen molar-refractivity contribution in [2.75, 3.05) is 5.32 Å². The van der Waals surface area contributed by atoms with E-state index in [9.17, 15) is 17.6 Å². The number of hydrogen-bond acceptors (Lipinski definition) is 3. The number of rotatable bonds is 5. The van der Waals surface area contributed by atoms with E-state index >= 15 is 0 Å². The molecule has 2 heterocycles. The molecule has 28 heavy (non-hydrogen) atoms. The van der Waals surface area contributed by atoms with Crippen LogP contribution in [-0.2, 0) is 6.42 Å². The molecule has 1 atom stereocenters. The lowest BCUT2D eigenvalue weighted by Crippen LogP contribution is -2.33. The van der Waals surface area contributed by atoms with Gasteiger partial charge < -0.3 is 10.1 Å². The van der Waals surface area contributed by atoms with Crippen LogP contribution in [0.3, 0.4) is 0 Å². The predicted octanol–water partition coefficient (Wildman–Crippen LogP) is 6.75. The first kappa shape index (κ1) is 18.8. The summed E-state index contributed by atoms with van der Waals surface area (Å²) in [4.78, 5) is 0. The fourth-order valence-corrected chi connectivity index (χ4v) is 4.13. The Labute approximate surface area is 163 Å². The number of fused-ring (bicyclic) bond motifs is 1. The van der Waals surface area contributed by atoms with Crippen molar-refractivity contribution < 1.29 is 22.3 Å². The maximum Gasteiger partial charge on any atom is 0.461 e. The minimum Gasteiger partial charge on any atom is -0.428 e. The number of benzene rings is 2. The molecular formula is C21H17F4NOS. The summed E-state index contributed by atoms with van der Waals surface area (Å²) < 4.78 is 55.4. The van der Waals surface area contributed by atoms with Gasteiger partial charge in [0.15, 0.2) is 0 Å². The van der Waals surface area contributed by atoms with Gasteiger partial charge in [0.05, 0.1) is 6.04 Å². The van der Waals surface area contributed by atoms with Gasteiger partial charge >= 0.3 is 12.5 Å². The van der Waals surface area contributed by atoms with Crippen LogP contribution in [0.1, 0.15) is 23.6 Å². The minimum absolute atomic E-state index is 0.117. The zero-order chi connectivity index (χ0) is 19.7. The van der Waals surface area contributed by atoms with Crippen LogP contribution in [0, 0.1) is 0 Å². The Morgan fingerprint density at radius 3 is 2.68 bits per heavy atom. The van der Waals surface area contributed by atoms with Gasteiger partial charge in [0.2, 0.25) is 0 Å². The van der Waals surface area contributed by atoms with Crippen molar-refractivity contribution in [3.8, 4) is 16.9 Å². The smallest absolute Gasteiger partial charge is 0.428 e. The summed E-state index contributed by atoms with van der Waals surface area (Å²) in [5.41, 5.74) is 5.28. The number of hydrogen-bond donors (Lipinski definition) is 1. The molecule has 7 heteroatoms. The van der Waals surface area contributed by atoms with E-state index in [2.05, 4.69) is 27.6 Å². The molecule has 0 aliphatic carbocycles. The highest BCUT2D eigenvalue weighted by atomic mass is 32.1. The summed E-state index contributed by atoms with van der Waals surface area (Å²) in [6, 6.07) is 14.0. The molecule has 0 saturated carbocycles. The second kappa shape index (κ2) is 7.47. The van der Waals surface area contributed by atoms with Gasteiger partial charge in [-0.1, -0.05) is 24.3 Å². The van der Waals surface area contributed by atoms with Crippen molar-refractivity contribution in [1.29, 1.82) is 0 Å². The SMILES string of the molecule is FC(F)C(F)(F)Oc1cccc(C2CCc3c(cccc3-c3ccsc3)N2)c1. The van der Waals surface area contributed by atoms with Crippen LogP contribution in [0.4, 0.5) is 23.2 Å². The highest BCUT2D eigenvalue weighted by Crippen LogP contribution is 2.39. The van der Waals surface area contributed by atoms with Gasteiger partial charge in [0, 0.05) is 5.69 Å². The molecule has 4 rings (SSSR count). The third-order valence-electron chi connectivity index (χ3n) is 4.79.